The maximum Gasteiger partial charge on any atom is 0.460 e. The van der Waals surface area contributed by atoms with Crippen LogP contribution < -0.4 is 5.32 Å². The van der Waals surface area contributed by atoms with Gasteiger partial charge in [0, 0.05) is 0 Å². The van der Waals surface area contributed by atoms with E-state index < -0.39 is 73.0 Å². The van der Waals surface area contributed by atoms with Crippen molar-refractivity contribution in [2.75, 3.05) is 13.2 Å². The summed E-state index contributed by atoms with van der Waals surface area (Å²) in [5.41, 5.74) is 0. The maximum atomic E-state index is 14.3. The SMILES string of the molecule is CCOC(=O)NC(C(=O)OCC)C(C)C(F)(F)C(F)(F)C(F)(F)C(F)(F)C(F)(F)C(F)(F)F. The minimum atomic E-state index is -8.08. The Bertz CT molecular complexity index is 708. The van der Waals surface area contributed by atoms with E-state index in [4.69, 9.17) is 0 Å². The standard InChI is InChI=1S/C15H16F13NO4/c1-4-32-8(30)7(29-9(31)33-5-2)6(3)10(16,17)11(18,19)12(20,21)13(22,23)14(24,25)15(26,27)28/h6-7H,4-5H2,1-3H3,(H,29,31). The second kappa shape index (κ2) is 9.60. The lowest BCUT2D eigenvalue weighted by Crippen LogP contribution is -2.72. The van der Waals surface area contributed by atoms with Crippen LogP contribution in [0.15, 0.2) is 0 Å². The molecule has 33 heavy (non-hydrogen) atoms. The van der Waals surface area contributed by atoms with Crippen molar-refractivity contribution in [3.63, 3.8) is 0 Å². The summed E-state index contributed by atoms with van der Waals surface area (Å²) in [6.45, 7) is 0.816. The first kappa shape index (κ1) is 30.8. The molecule has 5 nitrogen and oxygen atoms in total. The van der Waals surface area contributed by atoms with E-state index in [1.54, 1.807) is 0 Å². The molecule has 0 rings (SSSR count). The number of esters is 1. The zero-order chi connectivity index (χ0) is 26.8. The molecule has 0 spiro atoms. The molecule has 0 aliphatic heterocycles. The average Bonchev–Trinajstić information content (AvgIpc) is 2.64. The molecule has 18 heteroatoms. The zero-order valence-corrected chi connectivity index (χ0v) is 16.6. The molecular formula is C15H16F13NO4. The molecule has 0 fully saturated rings. The molecule has 0 saturated carbocycles. The molecule has 0 aromatic carbocycles. The molecule has 0 aliphatic carbocycles. The lowest BCUT2D eigenvalue weighted by Gasteiger charge is -2.42. The first-order valence-electron chi connectivity index (χ1n) is 8.54. The molecule has 0 bridgehead atoms. The van der Waals surface area contributed by atoms with Gasteiger partial charge in [0.05, 0.1) is 19.1 Å². The van der Waals surface area contributed by atoms with Crippen molar-refractivity contribution < 1.29 is 76.1 Å². The molecule has 1 amide bonds. The van der Waals surface area contributed by atoms with Crippen LogP contribution in [0.4, 0.5) is 61.9 Å². The average molecular weight is 521 g/mol. The molecule has 196 valence electrons. The van der Waals surface area contributed by atoms with Gasteiger partial charge in [0.15, 0.2) is 0 Å². The number of ether oxygens (including phenoxy) is 2. The van der Waals surface area contributed by atoms with Gasteiger partial charge in [-0.05, 0) is 13.8 Å². The topological polar surface area (TPSA) is 64.6 Å². The number of carbonyl (C=O) groups excluding carboxylic acids is 2. The van der Waals surface area contributed by atoms with E-state index in [1.165, 1.54) is 5.32 Å². The summed E-state index contributed by atoms with van der Waals surface area (Å²) in [4.78, 5) is 23.1. The predicted molar refractivity (Wildman–Crippen MR) is 80.5 cm³/mol. The third-order valence-corrected chi connectivity index (χ3v) is 4.12. The number of rotatable bonds is 10. The van der Waals surface area contributed by atoms with Gasteiger partial charge in [-0.15, -0.1) is 0 Å². The highest BCUT2D eigenvalue weighted by atomic mass is 19.4. The Balaban J connectivity index is 6.53. The Morgan fingerprint density at radius 3 is 1.45 bits per heavy atom. The third kappa shape index (κ3) is 5.17. The summed E-state index contributed by atoms with van der Waals surface area (Å²) in [5, 5.41) is 1.22. The van der Waals surface area contributed by atoms with Crippen molar-refractivity contribution in [2.45, 2.75) is 62.6 Å². The molecule has 1 N–H and O–H groups in total. The molecule has 0 aromatic rings. The Kier molecular flexibility index (Phi) is 8.97. The first-order valence-corrected chi connectivity index (χ1v) is 8.54. The van der Waals surface area contributed by atoms with E-state index in [2.05, 4.69) is 9.47 Å². The van der Waals surface area contributed by atoms with Gasteiger partial charge in [0.1, 0.15) is 6.04 Å². The number of carbonyl (C=O) groups is 2. The third-order valence-electron chi connectivity index (χ3n) is 4.12. The van der Waals surface area contributed by atoms with E-state index in [0.717, 1.165) is 13.8 Å². The number of halogens is 13. The summed E-state index contributed by atoms with van der Waals surface area (Å²) >= 11 is 0. The first-order chi connectivity index (χ1) is 14.5. The lowest BCUT2D eigenvalue weighted by molar-refractivity contribution is -0.443. The van der Waals surface area contributed by atoms with E-state index in [0.29, 0.717) is 0 Å². The van der Waals surface area contributed by atoms with Crippen molar-refractivity contribution in [1.29, 1.82) is 0 Å². The van der Waals surface area contributed by atoms with Gasteiger partial charge in [-0.1, -0.05) is 6.92 Å². The fraction of sp³-hybridized carbons (Fsp3) is 0.867. The molecule has 2 unspecified atom stereocenters. The van der Waals surface area contributed by atoms with Crippen LogP contribution in [0.3, 0.4) is 0 Å². The maximum absolute atomic E-state index is 14.3. The largest absolute Gasteiger partial charge is 0.464 e. The van der Waals surface area contributed by atoms with Crippen LogP contribution in [0.5, 0.6) is 0 Å². The summed E-state index contributed by atoms with van der Waals surface area (Å²) in [5.74, 6) is -43.9. The lowest BCUT2D eigenvalue weighted by atomic mass is 9.84. The van der Waals surface area contributed by atoms with Gasteiger partial charge in [0.25, 0.3) is 0 Å². The molecule has 0 heterocycles. The fourth-order valence-corrected chi connectivity index (χ4v) is 2.20. The van der Waals surface area contributed by atoms with E-state index in [-0.39, 0.29) is 6.92 Å². The quantitative estimate of drug-likeness (QED) is 0.324. The minimum absolute atomic E-state index is 0.183. The van der Waals surface area contributed by atoms with Crippen LogP contribution >= 0.6 is 0 Å². The van der Waals surface area contributed by atoms with Crippen molar-refractivity contribution in [3.8, 4) is 0 Å². The summed E-state index contributed by atoms with van der Waals surface area (Å²) in [7, 11) is 0. The number of hydrogen-bond donors (Lipinski definition) is 1. The zero-order valence-electron chi connectivity index (χ0n) is 16.6. The normalized spacial score (nSPS) is 16.1. The minimum Gasteiger partial charge on any atom is -0.464 e. The van der Waals surface area contributed by atoms with Crippen molar-refractivity contribution in [3.05, 3.63) is 0 Å². The monoisotopic (exact) mass is 521 g/mol. The van der Waals surface area contributed by atoms with Crippen LogP contribution in [-0.2, 0) is 14.3 Å². The van der Waals surface area contributed by atoms with E-state index in [9.17, 15) is 66.7 Å². The van der Waals surface area contributed by atoms with Gasteiger partial charge >= 0.3 is 47.9 Å². The summed E-state index contributed by atoms with van der Waals surface area (Å²) < 4.78 is 181. The Morgan fingerprint density at radius 1 is 0.697 bits per heavy atom. The molecule has 0 aliphatic rings. The smallest absolute Gasteiger partial charge is 0.460 e. The van der Waals surface area contributed by atoms with E-state index in [1.807, 2.05) is 0 Å². The number of alkyl carbamates (subject to hydrolysis) is 1. The molecular weight excluding hydrogens is 505 g/mol. The van der Waals surface area contributed by atoms with Crippen molar-refractivity contribution in [1.82, 2.24) is 5.32 Å². The summed E-state index contributed by atoms with van der Waals surface area (Å²) in [6.07, 6.45) is -9.32. The molecule has 0 radical (unpaired) electrons. The number of nitrogens with one attached hydrogen (secondary N) is 1. The highest BCUT2D eigenvalue weighted by Gasteiger charge is 2.91. The molecule has 0 aromatic heterocycles. The second-order valence-corrected chi connectivity index (χ2v) is 6.30. The Hall–Kier alpha value is -2.17. The van der Waals surface area contributed by atoms with Gasteiger partial charge in [0.2, 0.25) is 0 Å². The van der Waals surface area contributed by atoms with Gasteiger partial charge in [-0.2, -0.15) is 57.1 Å². The Labute approximate surface area is 176 Å². The van der Waals surface area contributed by atoms with Crippen LogP contribution in [0.1, 0.15) is 20.8 Å². The predicted octanol–water partition coefficient (Wildman–Crippen LogP) is 5.04. The highest BCUT2D eigenvalue weighted by molar-refractivity contribution is 5.81. The van der Waals surface area contributed by atoms with Crippen LogP contribution in [0.25, 0.3) is 0 Å². The van der Waals surface area contributed by atoms with Gasteiger partial charge in [-0.3, -0.25) is 0 Å². The number of alkyl halides is 13. The van der Waals surface area contributed by atoms with Crippen LogP contribution in [-0.4, -0.2) is 67.1 Å². The van der Waals surface area contributed by atoms with Crippen molar-refractivity contribution >= 4 is 12.1 Å². The van der Waals surface area contributed by atoms with E-state index >= 15 is 0 Å². The molecule has 2 atom stereocenters. The van der Waals surface area contributed by atoms with Gasteiger partial charge < -0.3 is 14.8 Å². The Morgan fingerprint density at radius 2 is 1.09 bits per heavy atom. The summed E-state index contributed by atoms with van der Waals surface area (Å²) in [6, 6.07) is -3.02. The van der Waals surface area contributed by atoms with Crippen LogP contribution in [0.2, 0.25) is 0 Å². The van der Waals surface area contributed by atoms with Crippen LogP contribution in [0, 0.1) is 5.92 Å². The molecule has 0 saturated heterocycles. The second-order valence-electron chi connectivity index (χ2n) is 6.30. The highest BCUT2D eigenvalue weighted by Crippen LogP contribution is 2.61. The number of amides is 1. The van der Waals surface area contributed by atoms with Crippen molar-refractivity contribution in [2.24, 2.45) is 5.92 Å². The fourth-order valence-electron chi connectivity index (χ4n) is 2.20. The van der Waals surface area contributed by atoms with Gasteiger partial charge in [-0.25, -0.2) is 9.59 Å². The number of hydrogen-bond acceptors (Lipinski definition) is 4.